The third-order valence-corrected chi connectivity index (χ3v) is 4.24. The first-order valence-electron chi connectivity index (χ1n) is 7.88. The van der Waals surface area contributed by atoms with E-state index in [-0.39, 0.29) is 22.7 Å². The van der Waals surface area contributed by atoms with Crippen molar-refractivity contribution in [3.63, 3.8) is 0 Å². The number of carboxylic acid groups (broad SMARTS) is 1. The molecule has 5 nitrogen and oxygen atoms in total. The number of allylic oxidation sites excluding steroid dienone is 1. The van der Waals surface area contributed by atoms with Crippen LogP contribution in [-0.2, 0) is 0 Å². The monoisotopic (exact) mass is 344 g/mol. The Morgan fingerprint density at radius 2 is 1.46 bits per heavy atom. The fourth-order valence-electron chi connectivity index (χ4n) is 2.91. The van der Waals surface area contributed by atoms with Crippen LogP contribution < -0.4 is 0 Å². The largest absolute Gasteiger partial charge is 0.478 e. The summed E-state index contributed by atoms with van der Waals surface area (Å²) in [7, 11) is 0. The van der Waals surface area contributed by atoms with Gasteiger partial charge in [-0.25, -0.2) is 4.79 Å². The number of hydrogen-bond acceptors (Lipinski definition) is 4. The van der Waals surface area contributed by atoms with E-state index in [4.69, 9.17) is 9.52 Å². The molecule has 0 saturated carbocycles. The van der Waals surface area contributed by atoms with Crippen molar-refractivity contribution in [2.24, 2.45) is 0 Å². The molecule has 1 aliphatic rings. The van der Waals surface area contributed by atoms with E-state index < -0.39 is 5.97 Å². The number of carbonyl (C=O) groups is 3. The zero-order valence-electron chi connectivity index (χ0n) is 13.4. The molecule has 0 bridgehead atoms. The van der Waals surface area contributed by atoms with Gasteiger partial charge in [-0.2, -0.15) is 0 Å². The van der Waals surface area contributed by atoms with Gasteiger partial charge in [0.15, 0.2) is 11.6 Å². The van der Waals surface area contributed by atoms with Crippen molar-refractivity contribution in [3.8, 4) is 11.3 Å². The number of aromatic carboxylic acids is 1. The van der Waals surface area contributed by atoms with Crippen LogP contribution in [-0.4, -0.2) is 22.6 Å². The Morgan fingerprint density at radius 1 is 0.846 bits per heavy atom. The summed E-state index contributed by atoms with van der Waals surface area (Å²) in [6.07, 6.45) is 1.44. The van der Waals surface area contributed by atoms with Gasteiger partial charge in [-0.3, -0.25) is 9.59 Å². The average Bonchev–Trinajstić information content (AvgIpc) is 3.22. The topological polar surface area (TPSA) is 84.6 Å². The van der Waals surface area contributed by atoms with Crippen LogP contribution in [0.1, 0.15) is 36.8 Å². The van der Waals surface area contributed by atoms with E-state index in [0.717, 1.165) is 0 Å². The maximum Gasteiger partial charge on any atom is 0.335 e. The van der Waals surface area contributed by atoms with Gasteiger partial charge in [0.2, 0.25) is 0 Å². The summed E-state index contributed by atoms with van der Waals surface area (Å²) in [5, 5.41) is 8.94. The van der Waals surface area contributed by atoms with Crippen LogP contribution in [0.3, 0.4) is 0 Å². The van der Waals surface area contributed by atoms with Gasteiger partial charge in [-0.05, 0) is 30.3 Å². The summed E-state index contributed by atoms with van der Waals surface area (Å²) >= 11 is 0. The fourth-order valence-corrected chi connectivity index (χ4v) is 2.91. The summed E-state index contributed by atoms with van der Waals surface area (Å²) < 4.78 is 5.70. The van der Waals surface area contributed by atoms with Gasteiger partial charge in [0.05, 0.1) is 11.1 Å². The average molecular weight is 344 g/mol. The molecule has 1 aliphatic carbocycles. The van der Waals surface area contributed by atoms with Crippen LogP contribution in [0.25, 0.3) is 17.4 Å². The molecule has 1 aromatic heterocycles. The Hall–Kier alpha value is -3.73. The molecule has 1 N–H and O–H groups in total. The lowest BCUT2D eigenvalue weighted by Crippen LogP contribution is -1.99. The van der Waals surface area contributed by atoms with E-state index in [9.17, 15) is 14.4 Å². The minimum Gasteiger partial charge on any atom is -0.478 e. The van der Waals surface area contributed by atoms with Gasteiger partial charge in [0, 0.05) is 16.7 Å². The number of benzene rings is 2. The molecule has 26 heavy (non-hydrogen) atoms. The molecular weight excluding hydrogens is 332 g/mol. The van der Waals surface area contributed by atoms with E-state index in [0.29, 0.717) is 28.2 Å². The Morgan fingerprint density at radius 3 is 2.04 bits per heavy atom. The van der Waals surface area contributed by atoms with Crippen LogP contribution in [0.4, 0.5) is 0 Å². The lowest BCUT2D eigenvalue weighted by atomic mass is 10.1. The molecule has 126 valence electrons. The second kappa shape index (κ2) is 5.97. The van der Waals surface area contributed by atoms with E-state index in [1.165, 1.54) is 18.2 Å². The van der Waals surface area contributed by atoms with Gasteiger partial charge in [0.1, 0.15) is 11.5 Å². The van der Waals surface area contributed by atoms with Crippen molar-refractivity contribution in [1.82, 2.24) is 0 Å². The van der Waals surface area contributed by atoms with E-state index in [1.807, 2.05) is 0 Å². The zero-order valence-corrected chi connectivity index (χ0v) is 13.4. The molecular formula is C21H12O5. The highest BCUT2D eigenvalue weighted by Crippen LogP contribution is 2.29. The van der Waals surface area contributed by atoms with Gasteiger partial charge < -0.3 is 9.52 Å². The minimum absolute atomic E-state index is 0.0772. The summed E-state index contributed by atoms with van der Waals surface area (Å²) in [6, 6.07) is 16.3. The summed E-state index contributed by atoms with van der Waals surface area (Å²) in [5.41, 5.74) is 1.77. The third-order valence-electron chi connectivity index (χ3n) is 4.24. The van der Waals surface area contributed by atoms with Gasteiger partial charge in [0.25, 0.3) is 0 Å². The Labute approximate surface area is 148 Å². The number of carboxylic acids is 1. The first-order valence-corrected chi connectivity index (χ1v) is 7.88. The van der Waals surface area contributed by atoms with Crippen LogP contribution in [0, 0.1) is 0 Å². The first-order chi connectivity index (χ1) is 12.5. The highest BCUT2D eigenvalue weighted by Gasteiger charge is 2.32. The minimum atomic E-state index is -1.00. The van der Waals surface area contributed by atoms with Crippen LogP contribution in [0.15, 0.2) is 70.7 Å². The van der Waals surface area contributed by atoms with Crippen molar-refractivity contribution < 1.29 is 23.9 Å². The Balaban J connectivity index is 1.65. The van der Waals surface area contributed by atoms with E-state index >= 15 is 0 Å². The van der Waals surface area contributed by atoms with Gasteiger partial charge in [-0.15, -0.1) is 0 Å². The maximum atomic E-state index is 12.4. The molecule has 0 unspecified atom stereocenters. The number of carbonyl (C=O) groups excluding carboxylic acids is 2. The number of furan rings is 1. The normalized spacial score (nSPS) is 13.0. The summed E-state index contributed by atoms with van der Waals surface area (Å²) in [6.45, 7) is 0. The summed E-state index contributed by atoms with van der Waals surface area (Å²) in [4.78, 5) is 35.7. The fraction of sp³-hybridized carbons (Fsp3) is 0. The molecule has 4 rings (SSSR count). The van der Waals surface area contributed by atoms with Crippen molar-refractivity contribution in [2.75, 3.05) is 0 Å². The molecule has 0 spiro atoms. The number of fused-ring (bicyclic) bond motifs is 1. The Bertz CT molecular complexity index is 1050. The lowest BCUT2D eigenvalue weighted by molar-refractivity contribution is 0.0696. The van der Waals surface area contributed by atoms with Crippen molar-refractivity contribution in [3.05, 3.63) is 88.7 Å². The number of hydrogen-bond donors (Lipinski definition) is 1. The molecule has 0 saturated heterocycles. The smallest absolute Gasteiger partial charge is 0.335 e. The molecule has 0 fully saturated rings. The lowest BCUT2D eigenvalue weighted by Gasteiger charge is -1.98. The molecule has 5 heteroatoms. The van der Waals surface area contributed by atoms with Gasteiger partial charge >= 0.3 is 5.97 Å². The van der Waals surface area contributed by atoms with Crippen LogP contribution in [0.5, 0.6) is 0 Å². The number of Topliss-reactive ketones (excluding diaryl/α,β-unsaturated/α-hetero) is 2. The summed E-state index contributed by atoms with van der Waals surface area (Å²) in [5.74, 6) is -0.723. The predicted molar refractivity (Wildman–Crippen MR) is 94.2 cm³/mol. The first kappa shape index (κ1) is 15.8. The molecule has 1 heterocycles. The van der Waals surface area contributed by atoms with Gasteiger partial charge in [-0.1, -0.05) is 36.4 Å². The predicted octanol–water partition coefficient (Wildman–Crippen LogP) is 4.11. The molecule has 2 aromatic carbocycles. The third kappa shape index (κ3) is 2.56. The SMILES string of the molecule is O=C(O)c1ccc(-c2ccc(C=C3C(=O)c4ccccc4C3=O)o2)cc1. The molecule has 0 atom stereocenters. The standard InChI is InChI=1S/C21H12O5/c22-19-15-3-1-2-4-16(15)20(23)17(19)11-14-9-10-18(26-14)12-5-7-13(8-6-12)21(24)25/h1-11H,(H,24,25). The van der Waals surface area contributed by atoms with E-state index in [2.05, 4.69) is 0 Å². The molecule has 0 aliphatic heterocycles. The molecule has 0 amide bonds. The number of rotatable bonds is 3. The van der Waals surface area contributed by atoms with E-state index in [1.54, 1.807) is 48.5 Å². The highest BCUT2D eigenvalue weighted by atomic mass is 16.4. The molecule has 0 radical (unpaired) electrons. The quantitative estimate of drug-likeness (QED) is 0.571. The Kier molecular flexibility index (Phi) is 3.62. The second-order valence-corrected chi connectivity index (χ2v) is 5.85. The second-order valence-electron chi connectivity index (χ2n) is 5.85. The maximum absolute atomic E-state index is 12.4. The highest BCUT2D eigenvalue weighted by molar-refractivity contribution is 6.41. The number of ketones is 2. The zero-order chi connectivity index (χ0) is 18.3. The van der Waals surface area contributed by atoms with Crippen molar-refractivity contribution >= 4 is 23.6 Å². The van der Waals surface area contributed by atoms with Crippen molar-refractivity contribution in [2.45, 2.75) is 0 Å². The van der Waals surface area contributed by atoms with Crippen LogP contribution >= 0.6 is 0 Å². The van der Waals surface area contributed by atoms with Crippen LogP contribution in [0.2, 0.25) is 0 Å². The molecule has 3 aromatic rings. The van der Waals surface area contributed by atoms with Crippen molar-refractivity contribution in [1.29, 1.82) is 0 Å².